The third-order valence-corrected chi connectivity index (χ3v) is 4.24. The molecule has 0 bridgehead atoms. The first-order valence-electron chi connectivity index (χ1n) is 9.31. The van der Waals surface area contributed by atoms with Crippen molar-refractivity contribution >= 4 is 5.97 Å². The molecule has 4 nitrogen and oxygen atoms in total. The normalized spacial score (nSPS) is 20.1. The molecule has 23 heavy (non-hydrogen) atoms. The highest BCUT2D eigenvalue weighted by atomic mass is 17.2. The van der Waals surface area contributed by atoms with Crippen molar-refractivity contribution in [3.8, 4) is 0 Å². The number of rotatable bonds is 15. The van der Waals surface area contributed by atoms with Gasteiger partial charge in [-0.1, -0.05) is 57.6 Å². The highest BCUT2D eigenvalue weighted by Crippen LogP contribution is 2.30. The van der Waals surface area contributed by atoms with Crippen LogP contribution in [-0.2, 0) is 19.3 Å². The molecule has 0 aliphatic carbocycles. The number of ether oxygens (including phenoxy) is 1. The average molecular weight is 326 g/mol. The lowest BCUT2D eigenvalue weighted by Crippen LogP contribution is -2.02. The molecule has 0 saturated carbocycles. The van der Waals surface area contributed by atoms with E-state index in [1.54, 1.807) is 0 Å². The summed E-state index contributed by atoms with van der Waals surface area (Å²) in [5.74, 6) is -0.272. The minimum atomic E-state index is -0.272. The van der Waals surface area contributed by atoms with Crippen LogP contribution < -0.4 is 0 Å². The molecule has 0 spiro atoms. The number of epoxide rings is 1. The SMILES string of the molecule is CCCCCC1OC1C/C=C\CCCCCCCC(=O)OOC. The van der Waals surface area contributed by atoms with Gasteiger partial charge in [-0.25, -0.2) is 4.79 Å². The minimum absolute atomic E-state index is 0.272. The predicted molar refractivity (Wildman–Crippen MR) is 92.0 cm³/mol. The molecule has 1 heterocycles. The maximum Gasteiger partial charge on any atom is 0.342 e. The van der Waals surface area contributed by atoms with Crippen molar-refractivity contribution in [1.82, 2.24) is 0 Å². The largest absolute Gasteiger partial charge is 0.369 e. The van der Waals surface area contributed by atoms with Crippen molar-refractivity contribution < 1.29 is 19.3 Å². The van der Waals surface area contributed by atoms with Crippen LogP contribution in [0.2, 0.25) is 0 Å². The first-order chi connectivity index (χ1) is 11.3. The van der Waals surface area contributed by atoms with Gasteiger partial charge in [0.25, 0.3) is 0 Å². The first-order valence-corrected chi connectivity index (χ1v) is 9.31. The molecule has 4 heteroatoms. The number of hydrogen-bond donors (Lipinski definition) is 0. The topological polar surface area (TPSA) is 48.1 Å². The summed E-state index contributed by atoms with van der Waals surface area (Å²) in [5, 5.41) is 0. The van der Waals surface area contributed by atoms with Crippen molar-refractivity contribution in [3.05, 3.63) is 12.2 Å². The van der Waals surface area contributed by atoms with E-state index in [0.717, 1.165) is 25.7 Å². The third kappa shape index (κ3) is 11.3. The number of carbonyl (C=O) groups excluding carboxylic acids is 1. The maximum absolute atomic E-state index is 11.0. The summed E-state index contributed by atoms with van der Waals surface area (Å²) in [6, 6.07) is 0. The van der Waals surface area contributed by atoms with Gasteiger partial charge < -0.3 is 4.74 Å². The van der Waals surface area contributed by atoms with Gasteiger partial charge in [-0.2, -0.15) is 4.89 Å². The second-order valence-electron chi connectivity index (χ2n) is 6.34. The van der Waals surface area contributed by atoms with Crippen LogP contribution in [0.4, 0.5) is 0 Å². The van der Waals surface area contributed by atoms with E-state index in [9.17, 15) is 4.79 Å². The Morgan fingerprint density at radius 1 is 1.00 bits per heavy atom. The Labute approximate surface area is 141 Å². The molecule has 1 fully saturated rings. The van der Waals surface area contributed by atoms with E-state index in [1.165, 1.54) is 52.1 Å². The highest BCUT2D eigenvalue weighted by molar-refractivity contribution is 5.68. The van der Waals surface area contributed by atoms with Gasteiger partial charge in [0.2, 0.25) is 0 Å². The molecule has 2 unspecified atom stereocenters. The Morgan fingerprint density at radius 2 is 1.78 bits per heavy atom. The molecule has 0 N–H and O–H groups in total. The van der Waals surface area contributed by atoms with Gasteiger partial charge in [-0.05, 0) is 32.1 Å². The van der Waals surface area contributed by atoms with Crippen LogP contribution in [0.5, 0.6) is 0 Å². The fourth-order valence-electron chi connectivity index (χ4n) is 2.78. The summed E-state index contributed by atoms with van der Waals surface area (Å²) in [5.41, 5.74) is 0. The van der Waals surface area contributed by atoms with Crippen LogP contribution in [0.1, 0.15) is 84.0 Å². The molecule has 0 aromatic heterocycles. The van der Waals surface area contributed by atoms with Crippen molar-refractivity contribution in [3.63, 3.8) is 0 Å². The molecular formula is C19H34O4. The third-order valence-electron chi connectivity index (χ3n) is 4.24. The lowest BCUT2D eigenvalue weighted by atomic mass is 10.1. The van der Waals surface area contributed by atoms with E-state index in [2.05, 4.69) is 28.9 Å². The van der Waals surface area contributed by atoms with Crippen LogP contribution in [0.25, 0.3) is 0 Å². The van der Waals surface area contributed by atoms with Gasteiger partial charge in [0.1, 0.15) is 0 Å². The van der Waals surface area contributed by atoms with E-state index in [4.69, 9.17) is 4.74 Å². The molecule has 1 aliphatic rings. The van der Waals surface area contributed by atoms with Gasteiger partial charge >= 0.3 is 5.97 Å². The summed E-state index contributed by atoms with van der Waals surface area (Å²) >= 11 is 0. The number of unbranched alkanes of at least 4 members (excludes halogenated alkanes) is 7. The van der Waals surface area contributed by atoms with Gasteiger partial charge in [0.15, 0.2) is 0 Å². The Bertz CT molecular complexity index is 327. The zero-order valence-electron chi connectivity index (χ0n) is 14.9. The molecule has 0 aromatic carbocycles. The van der Waals surface area contributed by atoms with Gasteiger partial charge in [0, 0.05) is 6.42 Å². The Hall–Kier alpha value is -0.870. The summed E-state index contributed by atoms with van der Waals surface area (Å²) < 4.78 is 5.67. The van der Waals surface area contributed by atoms with Crippen LogP contribution in [0.15, 0.2) is 12.2 Å². The van der Waals surface area contributed by atoms with Crippen LogP contribution in [0, 0.1) is 0 Å². The van der Waals surface area contributed by atoms with Crippen molar-refractivity contribution in [2.75, 3.05) is 7.11 Å². The maximum atomic E-state index is 11.0. The Balaban J connectivity index is 1.80. The zero-order valence-corrected chi connectivity index (χ0v) is 14.9. The second-order valence-corrected chi connectivity index (χ2v) is 6.34. The van der Waals surface area contributed by atoms with E-state index in [-0.39, 0.29) is 5.97 Å². The van der Waals surface area contributed by atoms with Crippen molar-refractivity contribution in [1.29, 1.82) is 0 Å². The molecule has 1 rings (SSSR count). The predicted octanol–water partition coefficient (Wildman–Crippen LogP) is 5.12. The van der Waals surface area contributed by atoms with Crippen LogP contribution in [0.3, 0.4) is 0 Å². The summed E-state index contributed by atoms with van der Waals surface area (Å²) in [4.78, 5) is 19.8. The number of hydrogen-bond acceptors (Lipinski definition) is 4. The molecule has 0 aromatic rings. The second kappa shape index (κ2) is 13.6. The number of carbonyl (C=O) groups is 1. The Kier molecular flexibility index (Phi) is 11.9. The fourth-order valence-corrected chi connectivity index (χ4v) is 2.78. The molecule has 0 amide bonds. The van der Waals surface area contributed by atoms with E-state index < -0.39 is 0 Å². The quantitative estimate of drug-likeness (QED) is 0.138. The lowest BCUT2D eigenvalue weighted by molar-refractivity contribution is -0.255. The van der Waals surface area contributed by atoms with E-state index in [1.807, 2.05) is 0 Å². The Morgan fingerprint density at radius 3 is 2.57 bits per heavy atom. The minimum Gasteiger partial charge on any atom is -0.369 e. The molecule has 0 radical (unpaired) electrons. The van der Waals surface area contributed by atoms with Crippen molar-refractivity contribution in [2.24, 2.45) is 0 Å². The average Bonchev–Trinajstić information content (AvgIpc) is 3.28. The van der Waals surface area contributed by atoms with Crippen LogP contribution >= 0.6 is 0 Å². The van der Waals surface area contributed by atoms with Crippen molar-refractivity contribution in [2.45, 2.75) is 96.2 Å². The smallest absolute Gasteiger partial charge is 0.342 e. The monoisotopic (exact) mass is 326 g/mol. The summed E-state index contributed by atoms with van der Waals surface area (Å²) in [6.45, 7) is 2.24. The summed E-state index contributed by atoms with van der Waals surface area (Å²) in [6.07, 6.45) is 19.1. The molecular weight excluding hydrogens is 292 g/mol. The zero-order chi connectivity index (χ0) is 16.8. The van der Waals surface area contributed by atoms with Crippen LogP contribution in [-0.4, -0.2) is 25.3 Å². The molecule has 134 valence electrons. The standard InChI is InChI=1S/C19H34O4/c1-3-4-11-14-17-18(22-17)15-12-9-7-5-6-8-10-13-16-19(20)23-21-2/h9,12,17-18H,3-8,10-11,13-16H2,1-2H3/b12-9-. The number of allylic oxidation sites excluding steroid dienone is 1. The lowest BCUT2D eigenvalue weighted by Gasteiger charge is -2.00. The molecule has 2 atom stereocenters. The summed E-state index contributed by atoms with van der Waals surface area (Å²) in [7, 11) is 1.35. The highest BCUT2D eigenvalue weighted by Gasteiger charge is 2.36. The van der Waals surface area contributed by atoms with Gasteiger partial charge in [-0.3, -0.25) is 4.89 Å². The first kappa shape index (κ1) is 20.2. The van der Waals surface area contributed by atoms with Gasteiger partial charge in [-0.15, -0.1) is 0 Å². The van der Waals surface area contributed by atoms with E-state index in [0.29, 0.717) is 18.6 Å². The molecule has 1 aliphatic heterocycles. The van der Waals surface area contributed by atoms with E-state index >= 15 is 0 Å². The molecule has 1 saturated heterocycles. The fraction of sp³-hybridized carbons (Fsp3) is 0.842. The van der Waals surface area contributed by atoms with Gasteiger partial charge in [0.05, 0.1) is 19.3 Å².